The zero-order chi connectivity index (χ0) is 41.4. The largest absolute Gasteiger partial charge is 0.309 e. The molecule has 0 radical (unpaired) electrons. The summed E-state index contributed by atoms with van der Waals surface area (Å²) in [4.78, 5) is 16.1. The van der Waals surface area contributed by atoms with Gasteiger partial charge in [-0.05, 0) is 70.8 Å². The molecule has 0 spiro atoms. The van der Waals surface area contributed by atoms with Gasteiger partial charge < -0.3 is 4.57 Å². The summed E-state index contributed by atoms with van der Waals surface area (Å²) in [5, 5.41) is 7.19. The molecule has 0 amide bonds. The predicted molar refractivity (Wildman–Crippen MR) is 267 cm³/mol. The standard InChI is InChI=1S/C57H34N4S2/c1-3-15-35(16-4-1)37-19-13-20-38(31-37)39-29-30-43-46-33-40(61-48-25-10-7-21-41(48)42-22-8-11-26-49(42)61)34-47(54(46)63-52(43)32-39)57-59-55(36-17-5-2-6-18-36)58-56(60-57)45-24-14-28-51-53(45)44-23-9-12-27-50(44)62-51/h1-34H. The maximum atomic E-state index is 5.49. The summed E-state index contributed by atoms with van der Waals surface area (Å²) in [6.45, 7) is 0. The molecule has 4 aromatic heterocycles. The number of thiophene rings is 2. The normalized spacial score (nSPS) is 11.8. The van der Waals surface area contributed by atoms with Crippen LogP contribution >= 0.6 is 22.7 Å². The first-order valence-corrected chi connectivity index (χ1v) is 22.7. The van der Waals surface area contributed by atoms with Crippen molar-refractivity contribution in [1.29, 1.82) is 0 Å². The van der Waals surface area contributed by atoms with Crippen LogP contribution < -0.4 is 0 Å². The van der Waals surface area contributed by atoms with Crippen LogP contribution in [0.25, 0.3) is 124 Å². The number of benzene rings is 9. The summed E-state index contributed by atoms with van der Waals surface area (Å²) in [7, 11) is 0. The molecule has 13 aromatic rings. The first kappa shape index (κ1) is 35.9. The summed E-state index contributed by atoms with van der Waals surface area (Å²) in [5.41, 5.74) is 11.1. The summed E-state index contributed by atoms with van der Waals surface area (Å²) in [6.07, 6.45) is 0. The van der Waals surface area contributed by atoms with Crippen LogP contribution in [-0.4, -0.2) is 19.5 Å². The highest BCUT2D eigenvalue weighted by Crippen LogP contribution is 2.45. The SMILES string of the molecule is c1ccc(-c2cccc(-c3ccc4c(c3)sc3c(-c5nc(-c6ccccc6)nc(-c6cccc7sc8ccccc8c67)n5)cc(-n5c6ccccc6c6ccccc65)cc34)c2)cc1. The molecule has 0 saturated heterocycles. The van der Waals surface area contributed by atoms with Crippen LogP contribution in [0.4, 0.5) is 0 Å². The minimum absolute atomic E-state index is 0.643. The minimum Gasteiger partial charge on any atom is -0.309 e. The van der Waals surface area contributed by atoms with Crippen molar-refractivity contribution in [1.82, 2.24) is 19.5 Å². The molecule has 4 heterocycles. The number of rotatable bonds is 6. The molecule has 6 heteroatoms. The van der Waals surface area contributed by atoms with E-state index < -0.39 is 0 Å². The molecule has 294 valence electrons. The van der Waals surface area contributed by atoms with Gasteiger partial charge in [-0.15, -0.1) is 22.7 Å². The van der Waals surface area contributed by atoms with Crippen molar-refractivity contribution in [3.63, 3.8) is 0 Å². The van der Waals surface area contributed by atoms with E-state index in [0.717, 1.165) is 38.1 Å². The molecule has 0 N–H and O–H groups in total. The zero-order valence-electron chi connectivity index (χ0n) is 33.7. The fourth-order valence-electron chi connectivity index (χ4n) is 9.34. The van der Waals surface area contributed by atoms with Gasteiger partial charge >= 0.3 is 0 Å². The van der Waals surface area contributed by atoms with Crippen molar-refractivity contribution in [2.24, 2.45) is 0 Å². The Kier molecular flexibility index (Phi) is 8.22. The Morgan fingerprint density at radius 1 is 0.317 bits per heavy atom. The van der Waals surface area contributed by atoms with Crippen molar-refractivity contribution < 1.29 is 0 Å². The van der Waals surface area contributed by atoms with Crippen molar-refractivity contribution in [3.8, 4) is 62.1 Å². The molecule has 0 aliphatic carbocycles. The Hall–Kier alpha value is -7.77. The van der Waals surface area contributed by atoms with Crippen molar-refractivity contribution >= 4 is 84.8 Å². The fourth-order valence-corrected chi connectivity index (χ4v) is 11.7. The number of fused-ring (bicyclic) bond motifs is 9. The van der Waals surface area contributed by atoms with Crippen molar-refractivity contribution in [2.75, 3.05) is 0 Å². The zero-order valence-corrected chi connectivity index (χ0v) is 35.4. The number of nitrogens with zero attached hydrogens (tertiary/aromatic N) is 4. The second kappa shape index (κ2) is 14.4. The quantitative estimate of drug-likeness (QED) is 0.168. The second-order valence-electron chi connectivity index (χ2n) is 15.9. The Bertz CT molecular complexity index is 3870. The van der Waals surface area contributed by atoms with E-state index in [-0.39, 0.29) is 0 Å². The molecule has 63 heavy (non-hydrogen) atoms. The van der Waals surface area contributed by atoms with Crippen LogP contribution in [0, 0.1) is 0 Å². The van der Waals surface area contributed by atoms with E-state index in [1.165, 1.54) is 68.7 Å². The Labute approximate surface area is 370 Å². The lowest BCUT2D eigenvalue weighted by atomic mass is 9.98. The number of para-hydroxylation sites is 2. The lowest BCUT2D eigenvalue weighted by molar-refractivity contribution is 1.08. The molecule has 0 aliphatic rings. The topological polar surface area (TPSA) is 43.6 Å². The molecule has 0 aliphatic heterocycles. The van der Waals surface area contributed by atoms with Gasteiger partial charge in [-0.1, -0.05) is 158 Å². The molecule has 13 rings (SSSR count). The maximum absolute atomic E-state index is 5.49. The monoisotopic (exact) mass is 838 g/mol. The number of aromatic nitrogens is 4. The highest BCUT2D eigenvalue weighted by Gasteiger charge is 2.22. The summed E-state index contributed by atoms with van der Waals surface area (Å²) >= 11 is 3.61. The molecule has 4 nitrogen and oxygen atoms in total. The van der Waals surface area contributed by atoms with Gasteiger partial charge in [0.15, 0.2) is 17.5 Å². The fraction of sp³-hybridized carbons (Fsp3) is 0. The maximum Gasteiger partial charge on any atom is 0.165 e. The molecule has 0 unspecified atom stereocenters. The third-order valence-electron chi connectivity index (χ3n) is 12.3. The van der Waals surface area contributed by atoms with Crippen molar-refractivity contribution in [3.05, 3.63) is 206 Å². The number of hydrogen-bond acceptors (Lipinski definition) is 5. The van der Waals surface area contributed by atoms with Gasteiger partial charge in [-0.2, -0.15) is 0 Å². The van der Waals surface area contributed by atoms with Crippen molar-refractivity contribution in [2.45, 2.75) is 0 Å². The molecule has 0 bridgehead atoms. The van der Waals surface area contributed by atoms with E-state index in [2.05, 4.69) is 193 Å². The Morgan fingerprint density at radius 2 is 0.889 bits per heavy atom. The van der Waals surface area contributed by atoms with E-state index in [9.17, 15) is 0 Å². The van der Waals surface area contributed by atoms with E-state index in [0.29, 0.717) is 17.5 Å². The molecule has 0 saturated carbocycles. The van der Waals surface area contributed by atoms with Crippen LogP contribution in [-0.2, 0) is 0 Å². The summed E-state index contributed by atoms with van der Waals surface area (Å²) in [6, 6.07) is 73.9. The molecule has 0 fully saturated rings. The van der Waals surface area contributed by atoms with Gasteiger partial charge in [0.2, 0.25) is 0 Å². The highest BCUT2D eigenvalue weighted by atomic mass is 32.1. The molecule has 9 aromatic carbocycles. The predicted octanol–water partition coefficient (Wildman–Crippen LogP) is 16.0. The highest BCUT2D eigenvalue weighted by molar-refractivity contribution is 7.26. The first-order valence-electron chi connectivity index (χ1n) is 21.1. The molecular formula is C57H34N4S2. The van der Waals surface area contributed by atoms with Crippen LogP contribution in [0.3, 0.4) is 0 Å². The first-order chi connectivity index (χ1) is 31.2. The van der Waals surface area contributed by atoms with E-state index in [4.69, 9.17) is 15.0 Å². The van der Waals surface area contributed by atoms with Crippen LogP contribution in [0.15, 0.2) is 206 Å². The minimum atomic E-state index is 0.643. The Morgan fingerprint density at radius 3 is 1.65 bits per heavy atom. The Balaban J connectivity index is 1.09. The summed E-state index contributed by atoms with van der Waals surface area (Å²) in [5.74, 6) is 1.94. The summed E-state index contributed by atoms with van der Waals surface area (Å²) < 4.78 is 7.20. The van der Waals surface area contributed by atoms with Gasteiger partial charge in [0, 0.05) is 73.5 Å². The number of hydrogen-bond donors (Lipinski definition) is 0. The average molecular weight is 839 g/mol. The third-order valence-corrected chi connectivity index (χ3v) is 14.6. The van der Waals surface area contributed by atoms with Gasteiger partial charge in [-0.25, -0.2) is 15.0 Å². The van der Waals surface area contributed by atoms with E-state index >= 15 is 0 Å². The van der Waals surface area contributed by atoms with Gasteiger partial charge in [0.05, 0.1) is 11.0 Å². The molecule has 0 atom stereocenters. The lowest BCUT2D eigenvalue weighted by Crippen LogP contribution is -2.01. The van der Waals surface area contributed by atoms with Gasteiger partial charge in [0.1, 0.15) is 0 Å². The third kappa shape index (κ3) is 5.91. The van der Waals surface area contributed by atoms with Gasteiger partial charge in [-0.3, -0.25) is 0 Å². The smallest absolute Gasteiger partial charge is 0.165 e. The second-order valence-corrected chi connectivity index (χ2v) is 18.1. The lowest BCUT2D eigenvalue weighted by Gasteiger charge is -2.13. The van der Waals surface area contributed by atoms with E-state index in [1.807, 2.05) is 18.2 Å². The van der Waals surface area contributed by atoms with Crippen LogP contribution in [0.2, 0.25) is 0 Å². The molecular weight excluding hydrogens is 805 g/mol. The van der Waals surface area contributed by atoms with Crippen LogP contribution in [0.1, 0.15) is 0 Å². The van der Waals surface area contributed by atoms with Gasteiger partial charge in [0.25, 0.3) is 0 Å². The van der Waals surface area contributed by atoms with Crippen LogP contribution in [0.5, 0.6) is 0 Å². The van der Waals surface area contributed by atoms with E-state index in [1.54, 1.807) is 22.7 Å². The average Bonchev–Trinajstić information content (AvgIpc) is 4.03.